The summed E-state index contributed by atoms with van der Waals surface area (Å²) < 4.78 is 10.9. The van der Waals surface area contributed by atoms with Gasteiger partial charge in [-0.05, 0) is 60.3 Å². The second-order valence-corrected chi connectivity index (χ2v) is 11.4. The normalized spacial score (nSPS) is 17.5. The molecule has 0 aromatic carbocycles. The predicted molar refractivity (Wildman–Crippen MR) is 132 cm³/mol. The van der Waals surface area contributed by atoms with Gasteiger partial charge in [0.2, 0.25) is 5.66 Å². The highest BCUT2D eigenvalue weighted by atomic mass is 16.6. The second-order valence-electron chi connectivity index (χ2n) is 11.4. The number of esters is 1. The number of alkyl carbamates (subject to hydrolysis) is 1. The van der Waals surface area contributed by atoms with E-state index in [1.54, 1.807) is 41.5 Å². The standard InChI is InChI=1S/C25H45N3O7/c1-8-9-15-25(20(31)34-23(2,3)4,28-22(33)35-24(5,6)7)27-21(32)26-18(19(29)30)16-17-13-11-10-12-14-17/h17-18H,8-16H2,1-7H3,(H,28,33)(H,29,30)(H2,26,27,32)/t18-,25?/m1/s1. The highest BCUT2D eigenvalue weighted by Gasteiger charge is 2.45. The zero-order valence-corrected chi connectivity index (χ0v) is 22.4. The van der Waals surface area contributed by atoms with E-state index in [9.17, 15) is 24.3 Å². The monoisotopic (exact) mass is 499 g/mol. The first-order valence-corrected chi connectivity index (χ1v) is 12.6. The van der Waals surface area contributed by atoms with Crippen molar-refractivity contribution in [3.8, 4) is 0 Å². The minimum atomic E-state index is -1.94. The van der Waals surface area contributed by atoms with Gasteiger partial charge < -0.3 is 25.2 Å². The number of ether oxygens (including phenoxy) is 2. The third-order valence-electron chi connectivity index (χ3n) is 5.59. The number of urea groups is 1. The van der Waals surface area contributed by atoms with E-state index in [1.807, 2.05) is 6.92 Å². The van der Waals surface area contributed by atoms with Crippen molar-refractivity contribution >= 4 is 24.1 Å². The molecule has 1 rings (SSSR count). The van der Waals surface area contributed by atoms with E-state index in [0.29, 0.717) is 19.3 Å². The summed E-state index contributed by atoms with van der Waals surface area (Å²) in [6.45, 7) is 12.0. The molecule has 1 aliphatic carbocycles. The van der Waals surface area contributed by atoms with Gasteiger partial charge in [0, 0.05) is 6.42 Å². The van der Waals surface area contributed by atoms with Crippen LogP contribution in [0.5, 0.6) is 0 Å². The van der Waals surface area contributed by atoms with Gasteiger partial charge in [0.15, 0.2) is 0 Å². The van der Waals surface area contributed by atoms with Gasteiger partial charge in [0.05, 0.1) is 0 Å². The van der Waals surface area contributed by atoms with Crippen LogP contribution in [0.2, 0.25) is 0 Å². The van der Waals surface area contributed by atoms with Crippen LogP contribution in [-0.2, 0) is 19.1 Å². The van der Waals surface area contributed by atoms with E-state index >= 15 is 0 Å². The van der Waals surface area contributed by atoms with Gasteiger partial charge in [-0.2, -0.15) is 0 Å². The van der Waals surface area contributed by atoms with Crippen LogP contribution in [0.15, 0.2) is 0 Å². The zero-order chi connectivity index (χ0) is 26.9. The van der Waals surface area contributed by atoms with Crippen LogP contribution in [0.25, 0.3) is 0 Å². The van der Waals surface area contributed by atoms with Crippen LogP contribution in [0.4, 0.5) is 9.59 Å². The summed E-state index contributed by atoms with van der Waals surface area (Å²) in [6, 6.07) is -2.01. The zero-order valence-electron chi connectivity index (χ0n) is 22.4. The topological polar surface area (TPSA) is 143 Å². The molecule has 0 spiro atoms. The second kappa shape index (κ2) is 13.0. The van der Waals surface area contributed by atoms with Gasteiger partial charge in [-0.25, -0.2) is 19.2 Å². The van der Waals surface area contributed by atoms with Crippen molar-refractivity contribution in [3.63, 3.8) is 0 Å². The molecule has 10 nitrogen and oxygen atoms in total. The molecule has 1 unspecified atom stereocenters. The maximum absolute atomic E-state index is 13.3. The Kier molecular flexibility index (Phi) is 11.3. The first kappa shape index (κ1) is 30.5. The first-order chi connectivity index (χ1) is 16.1. The number of aliphatic carboxylic acids is 1. The van der Waals surface area contributed by atoms with E-state index in [0.717, 1.165) is 32.1 Å². The predicted octanol–water partition coefficient (Wildman–Crippen LogP) is 4.46. The lowest BCUT2D eigenvalue weighted by Crippen LogP contribution is -2.69. The van der Waals surface area contributed by atoms with E-state index in [-0.39, 0.29) is 12.3 Å². The Labute approximate surface area is 209 Å². The Morgan fingerprint density at radius 2 is 1.49 bits per heavy atom. The summed E-state index contributed by atoms with van der Waals surface area (Å²) in [7, 11) is 0. The van der Waals surface area contributed by atoms with E-state index in [4.69, 9.17) is 9.47 Å². The molecular weight excluding hydrogens is 454 g/mol. The minimum Gasteiger partial charge on any atom is -0.480 e. The fourth-order valence-corrected chi connectivity index (χ4v) is 4.01. The van der Waals surface area contributed by atoms with E-state index < -0.39 is 47.0 Å². The van der Waals surface area contributed by atoms with Gasteiger partial charge in [0.25, 0.3) is 0 Å². The van der Waals surface area contributed by atoms with Crippen molar-refractivity contribution in [2.75, 3.05) is 0 Å². The molecule has 2 atom stereocenters. The van der Waals surface area contributed by atoms with Crippen molar-refractivity contribution < 1.29 is 33.8 Å². The highest BCUT2D eigenvalue weighted by Crippen LogP contribution is 2.27. The number of hydrogen-bond acceptors (Lipinski definition) is 6. The van der Waals surface area contributed by atoms with Crippen molar-refractivity contribution in [3.05, 3.63) is 0 Å². The summed E-state index contributed by atoms with van der Waals surface area (Å²) in [5.74, 6) is -1.80. The number of carboxylic acids is 1. The lowest BCUT2D eigenvalue weighted by atomic mass is 9.85. The average Bonchev–Trinajstić information content (AvgIpc) is 2.69. The molecule has 0 bridgehead atoms. The molecule has 35 heavy (non-hydrogen) atoms. The lowest BCUT2D eigenvalue weighted by molar-refractivity contribution is -0.165. The molecule has 0 saturated heterocycles. The molecule has 4 N–H and O–H groups in total. The van der Waals surface area contributed by atoms with Crippen LogP contribution in [-0.4, -0.2) is 52.1 Å². The van der Waals surface area contributed by atoms with E-state index in [1.165, 1.54) is 0 Å². The number of hydrogen-bond donors (Lipinski definition) is 4. The Morgan fingerprint density at radius 3 is 1.97 bits per heavy atom. The van der Waals surface area contributed by atoms with Crippen LogP contribution >= 0.6 is 0 Å². The van der Waals surface area contributed by atoms with Crippen LogP contribution in [0.3, 0.4) is 0 Å². The third-order valence-corrected chi connectivity index (χ3v) is 5.59. The number of rotatable bonds is 10. The van der Waals surface area contributed by atoms with Gasteiger partial charge in [-0.15, -0.1) is 0 Å². The fraction of sp³-hybridized carbons (Fsp3) is 0.840. The Balaban J connectivity index is 3.17. The van der Waals surface area contributed by atoms with Crippen LogP contribution in [0, 0.1) is 5.92 Å². The Hall–Kier alpha value is -2.52. The molecule has 0 aliphatic heterocycles. The summed E-state index contributed by atoms with van der Waals surface area (Å²) >= 11 is 0. The molecule has 10 heteroatoms. The fourth-order valence-electron chi connectivity index (χ4n) is 4.01. The first-order valence-electron chi connectivity index (χ1n) is 12.6. The summed E-state index contributed by atoms with van der Waals surface area (Å²) in [4.78, 5) is 50.9. The van der Waals surface area contributed by atoms with Crippen molar-refractivity contribution in [1.82, 2.24) is 16.0 Å². The molecule has 0 aromatic heterocycles. The highest BCUT2D eigenvalue weighted by molar-refractivity contribution is 5.91. The quantitative estimate of drug-likeness (QED) is 0.257. The Bertz CT molecular complexity index is 736. The molecule has 202 valence electrons. The summed E-state index contributed by atoms with van der Waals surface area (Å²) in [5.41, 5.74) is -3.68. The lowest BCUT2D eigenvalue weighted by Gasteiger charge is -2.36. The van der Waals surface area contributed by atoms with Gasteiger partial charge in [0.1, 0.15) is 17.2 Å². The number of carbonyl (C=O) groups is 4. The molecule has 1 saturated carbocycles. The number of carboxylic acid groups (broad SMARTS) is 1. The van der Waals surface area contributed by atoms with E-state index in [2.05, 4.69) is 16.0 Å². The molecule has 0 radical (unpaired) electrons. The molecule has 3 amide bonds. The van der Waals surface area contributed by atoms with Gasteiger partial charge in [-0.1, -0.05) is 45.4 Å². The smallest absolute Gasteiger partial charge is 0.409 e. The summed E-state index contributed by atoms with van der Waals surface area (Å²) in [6.07, 6.45) is 5.64. The number of carbonyl (C=O) groups excluding carboxylic acids is 3. The maximum atomic E-state index is 13.3. The number of amides is 3. The maximum Gasteiger partial charge on any atom is 0.409 e. The minimum absolute atomic E-state index is 0.0332. The van der Waals surface area contributed by atoms with Crippen molar-refractivity contribution in [2.24, 2.45) is 5.92 Å². The Morgan fingerprint density at radius 1 is 0.914 bits per heavy atom. The van der Waals surface area contributed by atoms with Crippen molar-refractivity contribution in [1.29, 1.82) is 0 Å². The molecule has 0 aromatic rings. The van der Waals surface area contributed by atoms with Crippen LogP contribution < -0.4 is 16.0 Å². The largest absolute Gasteiger partial charge is 0.480 e. The number of unbranched alkanes of at least 4 members (excludes halogenated alkanes) is 1. The SMILES string of the molecule is CCCCC(NC(=O)N[C@H](CC1CCCCC1)C(=O)O)(NC(=O)OC(C)(C)C)C(=O)OC(C)(C)C. The summed E-state index contributed by atoms with van der Waals surface area (Å²) in [5, 5.41) is 17.2. The number of nitrogens with one attached hydrogen (secondary N) is 3. The van der Waals surface area contributed by atoms with Crippen molar-refractivity contribution in [2.45, 2.75) is 129 Å². The third kappa shape index (κ3) is 11.6. The molecule has 1 fully saturated rings. The molecular formula is C25H45N3O7. The van der Waals surface area contributed by atoms with Gasteiger partial charge in [-0.3, -0.25) is 5.32 Å². The molecule has 1 aliphatic rings. The molecule has 0 heterocycles. The average molecular weight is 500 g/mol. The van der Waals surface area contributed by atoms with Gasteiger partial charge >= 0.3 is 24.1 Å². The van der Waals surface area contributed by atoms with Crippen LogP contribution in [0.1, 0.15) is 106 Å².